The number of amides is 1. The summed E-state index contributed by atoms with van der Waals surface area (Å²) in [5, 5.41) is 12.2. The summed E-state index contributed by atoms with van der Waals surface area (Å²) in [6.45, 7) is 5.26. The Bertz CT molecular complexity index is 511. The first-order valence-corrected chi connectivity index (χ1v) is 6.78. The molecule has 1 rings (SSSR count). The molecule has 19 heavy (non-hydrogen) atoms. The minimum Gasteiger partial charge on any atom is -0.480 e. The topological polar surface area (TPSA) is 66.4 Å². The summed E-state index contributed by atoms with van der Waals surface area (Å²) in [5.74, 6) is -1.51. The van der Waals surface area contributed by atoms with Crippen molar-refractivity contribution in [1.29, 1.82) is 0 Å². The van der Waals surface area contributed by atoms with Crippen LogP contribution in [-0.2, 0) is 4.79 Å². The Kier molecular flexibility index (Phi) is 4.98. The van der Waals surface area contributed by atoms with Gasteiger partial charge in [0, 0.05) is 10.0 Å². The zero-order valence-corrected chi connectivity index (χ0v) is 13.2. The molecule has 6 heteroatoms. The highest BCUT2D eigenvalue weighted by Crippen LogP contribution is 2.24. The van der Waals surface area contributed by atoms with Crippen LogP contribution >= 0.6 is 27.5 Å². The molecule has 0 bridgehead atoms. The standard InChI is InChI=1S/C13H15BrClNO3/c1-13(2,3)10(12(18)19)16-11(17)7-4-5-9(15)8(14)6-7/h4-6,10H,1-3H3,(H,16,17)(H,18,19). The third kappa shape index (κ3) is 4.21. The van der Waals surface area contributed by atoms with E-state index in [2.05, 4.69) is 21.2 Å². The van der Waals surface area contributed by atoms with Gasteiger partial charge in [0.15, 0.2) is 0 Å². The Morgan fingerprint density at radius 3 is 2.37 bits per heavy atom. The molecule has 1 unspecified atom stereocenters. The first-order chi connectivity index (χ1) is 8.62. The third-order valence-corrected chi connectivity index (χ3v) is 3.78. The van der Waals surface area contributed by atoms with E-state index in [1.165, 1.54) is 0 Å². The second-order valence-electron chi connectivity index (χ2n) is 5.24. The summed E-state index contributed by atoms with van der Waals surface area (Å²) < 4.78 is 0.587. The number of rotatable bonds is 3. The maximum atomic E-state index is 12.0. The van der Waals surface area contributed by atoms with Crippen LogP contribution in [0, 0.1) is 5.41 Å². The molecular weight excluding hydrogens is 334 g/mol. The van der Waals surface area contributed by atoms with E-state index in [0.717, 1.165) is 0 Å². The van der Waals surface area contributed by atoms with E-state index in [-0.39, 0.29) is 0 Å². The van der Waals surface area contributed by atoms with Gasteiger partial charge in [-0.3, -0.25) is 4.79 Å². The zero-order valence-electron chi connectivity index (χ0n) is 10.8. The molecule has 0 spiro atoms. The molecule has 0 aliphatic carbocycles. The number of carbonyl (C=O) groups is 2. The van der Waals surface area contributed by atoms with Crippen LogP contribution in [0.2, 0.25) is 5.02 Å². The SMILES string of the molecule is CC(C)(C)C(NC(=O)c1ccc(Cl)c(Br)c1)C(=O)O. The van der Waals surface area contributed by atoms with E-state index in [9.17, 15) is 9.59 Å². The molecule has 0 fully saturated rings. The molecular formula is C13H15BrClNO3. The van der Waals surface area contributed by atoms with E-state index in [1.807, 2.05) is 0 Å². The van der Waals surface area contributed by atoms with Gasteiger partial charge in [-0.2, -0.15) is 0 Å². The lowest BCUT2D eigenvalue weighted by molar-refractivity contribution is -0.142. The number of carboxylic acids is 1. The summed E-state index contributed by atoms with van der Waals surface area (Å²) >= 11 is 9.06. The second-order valence-corrected chi connectivity index (χ2v) is 6.50. The Hall–Kier alpha value is -1.07. The van der Waals surface area contributed by atoms with Crippen molar-refractivity contribution < 1.29 is 14.7 Å². The van der Waals surface area contributed by atoms with Crippen molar-refractivity contribution in [3.63, 3.8) is 0 Å². The minimum absolute atomic E-state index is 0.353. The van der Waals surface area contributed by atoms with Crippen LogP contribution in [-0.4, -0.2) is 23.0 Å². The molecule has 0 radical (unpaired) electrons. The van der Waals surface area contributed by atoms with E-state index in [4.69, 9.17) is 16.7 Å². The highest BCUT2D eigenvalue weighted by Gasteiger charge is 2.32. The lowest BCUT2D eigenvalue weighted by atomic mass is 9.86. The fraction of sp³-hybridized carbons (Fsp3) is 0.385. The highest BCUT2D eigenvalue weighted by molar-refractivity contribution is 9.10. The van der Waals surface area contributed by atoms with Crippen molar-refractivity contribution in [1.82, 2.24) is 5.32 Å². The first kappa shape index (κ1) is 16.0. The third-order valence-electron chi connectivity index (χ3n) is 2.57. The van der Waals surface area contributed by atoms with E-state index >= 15 is 0 Å². The number of hydrogen-bond acceptors (Lipinski definition) is 2. The summed E-state index contributed by atoms with van der Waals surface area (Å²) in [4.78, 5) is 23.2. The van der Waals surface area contributed by atoms with Crippen molar-refractivity contribution in [2.75, 3.05) is 0 Å². The van der Waals surface area contributed by atoms with Crippen LogP contribution < -0.4 is 5.32 Å². The van der Waals surface area contributed by atoms with E-state index in [1.54, 1.807) is 39.0 Å². The van der Waals surface area contributed by atoms with Gasteiger partial charge in [0.25, 0.3) is 5.91 Å². The summed E-state index contributed by atoms with van der Waals surface area (Å²) in [6, 6.07) is 3.71. The molecule has 1 atom stereocenters. The lowest BCUT2D eigenvalue weighted by Gasteiger charge is -2.27. The normalized spacial score (nSPS) is 12.9. The molecule has 0 saturated carbocycles. The molecule has 2 N–H and O–H groups in total. The molecule has 0 saturated heterocycles. The molecule has 104 valence electrons. The lowest BCUT2D eigenvalue weighted by Crippen LogP contribution is -2.49. The summed E-state index contributed by atoms with van der Waals surface area (Å²) in [5.41, 5.74) is -0.225. The zero-order chi connectivity index (χ0) is 14.8. The molecule has 0 aliphatic rings. The van der Waals surface area contributed by atoms with Crippen LogP contribution in [0.1, 0.15) is 31.1 Å². The monoisotopic (exact) mass is 347 g/mol. The Morgan fingerprint density at radius 2 is 1.95 bits per heavy atom. The van der Waals surface area contributed by atoms with Crippen molar-refractivity contribution in [2.24, 2.45) is 5.41 Å². The molecule has 0 aromatic heterocycles. The van der Waals surface area contributed by atoms with Gasteiger partial charge in [-0.15, -0.1) is 0 Å². The highest BCUT2D eigenvalue weighted by atomic mass is 79.9. The molecule has 1 aromatic carbocycles. The number of carbonyl (C=O) groups excluding carboxylic acids is 1. The number of hydrogen-bond donors (Lipinski definition) is 2. The van der Waals surface area contributed by atoms with Crippen LogP contribution in [0.5, 0.6) is 0 Å². The Morgan fingerprint density at radius 1 is 1.37 bits per heavy atom. The predicted molar refractivity (Wildman–Crippen MR) is 77.5 cm³/mol. The van der Waals surface area contributed by atoms with Crippen LogP contribution in [0.3, 0.4) is 0 Å². The van der Waals surface area contributed by atoms with Gasteiger partial charge >= 0.3 is 5.97 Å². The number of carboxylic acid groups (broad SMARTS) is 1. The van der Waals surface area contributed by atoms with Crippen molar-refractivity contribution in [2.45, 2.75) is 26.8 Å². The van der Waals surface area contributed by atoms with Gasteiger partial charge in [0.2, 0.25) is 0 Å². The molecule has 0 aliphatic heterocycles. The fourth-order valence-corrected chi connectivity index (χ4v) is 2.00. The average Bonchev–Trinajstić information content (AvgIpc) is 2.27. The predicted octanol–water partition coefficient (Wildman–Crippen LogP) is 3.33. The maximum Gasteiger partial charge on any atom is 0.326 e. The van der Waals surface area contributed by atoms with Crippen LogP contribution in [0.25, 0.3) is 0 Å². The quantitative estimate of drug-likeness (QED) is 0.880. The van der Waals surface area contributed by atoms with Gasteiger partial charge in [-0.05, 0) is 39.5 Å². The number of benzene rings is 1. The number of aliphatic carboxylic acids is 1. The van der Waals surface area contributed by atoms with E-state index in [0.29, 0.717) is 15.1 Å². The summed E-state index contributed by atoms with van der Waals surface area (Å²) in [6.07, 6.45) is 0. The van der Waals surface area contributed by atoms with Gasteiger partial charge in [0.05, 0.1) is 5.02 Å². The van der Waals surface area contributed by atoms with Gasteiger partial charge < -0.3 is 10.4 Å². The molecule has 0 heterocycles. The fourth-order valence-electron chi connectivity index (χ4n) is 1.50. The smallest absolute Gasteiger partial charge is 0.326 e. The minimum atomic E-state index is -1.06. The maximum absolute atomic E-state index is 12.0. The Balaban J connectivity index is 2.94. The second kappa shape index (κ2) is 5.92. The van der Waals surface area contributed by atoms with Crippen molar-refractivity contribution >= 4 is 39.4 Å². The number of nitrogens with one attached hydrogen (secondary N) is 1. The van der Waals surface area contributed by atoms with Crippen LogP contribution in [0.4, 0.5) is 0 Å². The first-order valence-electron chi connectivity index (χ1n) is 5.61. The summed E-state index contributed by atoms with van der Waals surface area (Å²) in [7, 11) is 0. The van der Waals surface area contributed by atoms with Crippen molar-refractivity contribution in [3.8, 4) is 0 Å². The molecule has 1 amide bonds. The number of halogens is 2. The molecule has 1 aromatic rings. The van der Waals surface area contributed by atoms with Gasteiger partial charge in [-0.25, -0.2) is 4.79 Å². The van der Waals surface area contributed by atoms with Gasteiger partial charge in [-0.1, -0.05) is 32.4 Å². The van der Waals surface area contributed by atoms with Gasteiger partial charge in [0.1, 0.15) is 6.04 Å². The molecule has 4 nitrogen and oxygen atoms in total. The average molecular weight is 349 g/mol. The van der Waals surface area contributed by atoms with E-state index < -0.39 is 23.3 Å². The Labute approximate surface area is 125 Å². The largest absolute Gasteiger partial charge is 0.480 e. The van der Waals surface area contributed by atoms with Crippen molar-refractivity contribution in [3.05, 3.63) is 33.3 Å². The van der Waals surface area contributed by atoms with Crippen LogP contribution in [0.15, 0.2) is 22.7 Å².